The fraction of sp³-hybridized carbons (Fsp3) is 0.517. The lowest BCUT2D eigenvalue weighted by molar-refractivity contribution is -0.152. The van der Waals surface area contributed by atoms with Gasteiger partial charge in [-0.1, -0.05) is 5.21 Å². The Bertz CT molecular complexity index is 1610. The standard InChI is InChI=1S/C29H34F6N10O3/c1-18-16-44(9-8-42(18)2)23-5-4-19(45-17-22(40-41-45)26(47)36-6-3-7-43-10-12-48-13-11-43)14-21(23)38-25(46)20-15-37-27(29(33,34)35)39-24(20)28(30,31)32/h4-5,14-15,17-18H,3,6-13,16H2,1-2H3,(H,36,47)(H,38,46)/t18-/m0/s1. The third kappa shape index (κ3) is 8.37. The molecule has 0 bridgehead atoms. The molecule has 0 spiro atoms. The number of benzene rings is 1. The summed E-state index contributed by atoms with van der Waals surface area (Å²) in [5.41, 5.74) is -2.40. The average Bonchev–Trinajstić information content (AvgIpc) is 3.54. The molecule has 2 aliphatic heterocycles. The van der Waals surface area contributed by atoms with E-state index in [4.69, 9.17) is 4.74 Å². The van der Waals surface area contributed by atoms with E-state index in [1.54, 1.807) is 12.1 Å². The van der Waals surface area contributed by atoms with Gasteiger partial charge in [0.05, 0.1) is 42.0 Å². The molecule has 2 saturated heterocycles. The first-order valence-electron chi connectivity index (χ1n) is 15.1. The minimum Gasteiger partial charge on any atom is -0.379 e. The molecule has 260 valence electrons. The Morgan fingerprint density at radius 3 is 2.46 bits per heavy atom. The van der Waals surface area contributed by atoms with Crippen LogP contribution in [0.3, 0.4) is 0 Å². The number of amides is 2. The Labute approximate surface area is 271 Å². The third-order valence-electron chi connectivity index (χ3n) is 8.12. The minimum atomic E-state index is -5.38. The number of likely N-dealkylation sites (N-methyl/N-ethyl adjacent to an activating group) is 1. The third-order valence-corrected chi connectivity index (χ3v) is 8.12. The van der Waals surface area contributed by atoms with Crippen molar-refractivity contribution >= 4 is 23.2 Å². The predicted molar refractivity (Wildman–Crippen MR) is 160 cm³/mol. The van der Waals surface area contributed by atoms with Crippen molar-refractivity contribution in [1.29, 1.82) is 0 Å². The molecular formula is C29H34F6N10O3. The van der Waals surface area contributed by atoms with Crippen LogP contribution in [0.25, 0.3) is 5.69 Å². The van der Waals surface area contributed by atoms with E-state index in [9.17, 15) is 35.9 Å². The van der Waals surface area contributed by atoms with Crippen LogP contribution >= 0.6 is 0 Å². The number of hydrogen-bond donors (Lipinski definition) is 2. The molecule has 0 saturated carbocycles. The van der Waals surface area contributed by atoms with E-state index in [2.05, 4.69) is 40.7 Å². The highest BCUT2D eigenvalue weighted by atomic mass is 19.4. The van der Waals surface area contributed by atoms with Gasteiger partial charge in [0.25, 0.3) is 11.8 Å². The Morgan fingerprint density at radius 2 is 1.77 bits per heavy atom. The maximum absolute atomic E-state index is 13.8. The monoisotopic (exact) mass is 684 g/mol. The first-order chi connectivity index (χ1) is 22.7. The topological polar surface area (TPSA) is 134 Å². The van der Waals surface area contributed by atoms with E-state index < -0.39 is 41.2 Å². The average molecular weight is 685 g/mol. The number of morpholine rings is 1. The Balaban J connectivity index is 1.38. The van der Waals surface area contributed by atoms with Gasteiger partial charge < -0.3 is 25.2 Å². The van der Waals surface area contributed by atoms with Gasteiger partial charge in [0.15, 0.2) is 11.4 Å². The number of carbonyl (C=O) groups excluding carboxylic acids is 2. The van der Waals surface area contributed by atoms with Crippen molar-refractivity contribution in [1.82, 2.24) is 40.1 Å². The van der Waals surface area contributed by atoms with Gasteiger partial charge in [-0.2, -0.15) is 26.3 Å². The highest BCUT2D eigenvalue weighted by Gasteiger charge is 2.42. The van der Waals surface area contributed by atoms with Gasteiger partial charge in [0.1, 0.15) is 0 Å². The number of piperazine rings is 1. The van der Waals surface area contributed by atoms with Crippen LogP contribution in [0, 0.1) is 0 Å². The van der Waals surface area contributed by atoms with Crippen LogP contribution in [-0.2, 0) is 17.1 Å². The fourth-order valence-corrected chi connectivity index (χ4v) is 5.31. The summed E-state index contributed by atoms with van der Waals surface area (Å²) < 4.78 is 87.3. The molecule has 1 atom stereocenters. The summed E-state index contributed by atoms with van der Waals surface area (Å²) in [6.45, 7) is 7.88. The number of nitrogens with zero attached hydrogens (tertiary/aromatic N) is 8. The van der Waals surface area contributed by atoms with Gasteiger partial charge in [-0.05, 0) is 45.1 Å². The smallest absolute Gasteiger partial charge is 0.379 e. The molecule has 13 nitrogen and oxygen atoms in total. The lowest BCUT2D eigenvalue weighted by Crippen LogP contribution is -2.50. The van der Waals surface area contributed by atoms with E-state index >= 15 is 0 Å². The summed E-state index contributed by atoms with van der Waals surface area (Å²) >= 11 is 0. The summed E-state index contributed by atoms with van der Waals surface area (Å²) in [6, 6.07) is 4.78. The number of anilines is 2. The molecule has 2 N–H and O–H groups in total. The van der Waals surface area contributed by atoms with Gasteiger partial charge in [0, 0.05) is 51.5 Å². The summed E-state index contributed by atoms with van der Waals surface area (Å²) in [5.74, 6) is -3.85. The molecule has 2 aromatic heterocycles. The van der Waals surface area contributed by atoms with Gasteiger partial charge in [-0.15, -0.1) is 5.10 Å². The summed E-state index contributed by atoms with van der Waals surface area (Å²) in [6.07, 6.45) is -8.35. The Morgan fingerprint density at radius 1 is 1.02 bits per heavy atom. The zero-order chi connectivity index (χ0) is 34.6. The molecule has 2 amide bonds. The van der Waals surface area contributed by atoms with Crippen LogP contribution in [0.1, 0.15) is 45.7 Å². The Hall–Kier alpha value is -4.36. The number of rotatable bonds is 9. The molecule has 0 aliphatic carbocycles. The second-order valence-corrected chi connectivity index (χ2v) is 11.5. The number of ether oxygens (including phenoxy) is 1. The van der Waals surface area contributed by atoms with E-state index in [1.807, 2.05) is 18.9 Å². The van der Waals surface area contributed by atoms with Crippen molar-refractivity contribution in [2.75, 3.05) is 76.3 Å². The fourth-order valence-electron chi connectivity index (χ4n) is 5.31. The van der Waals surface area contributed by atoms with E-state index in [1.165, 1.54) is 16.9 Å². The van der Waals surface area contributed by atoms with Crippen molar-refractivity contribution in [2.45, 2.75) is 31.7 Å². The van der Waals surface area contributed by atoms with Crippen LogP contribution in [0.2, 0.25) is 0 Å². The maximum Gasteiger partial charge on any atom is 0.451 e. The second kappa shape index (κ2) is 14.4. The first-order valence-corrected chi connectivity index (χ1v) is 15.1. The molecule has 4 heterocycles. The van der Waals surface area contributed by atoms with Crippen molar-refractivity contribution in [3.05, 3.63) is 53.4 Å². The number of carbonyl (C=O) groups is 2. The van der Waals surface area contributed by atoms with Crippen molar-refractivity contribution < 1.29 is 40.7 Å². The number of hydrogen-bond acceptors (Lipinski definition) is 10. The van der Waals surface area contributed by atoms with E-state index in [0.717, 1.165) is 26.1 Å². The van der Waals surface area contributed by atoms with E-state index in [0.29, 0.717) is 50.8 Å². The van der Waals surface area contributed by atoms with Crippen LogP contribution < -0.4 is 15.5 Å². The van der Waals surface area contributed by atoms with Crippen LogP contribution in [0.4, 0.5) is 37.7 Å². The van der Waals surface area contributed by atoms with Crippen molar-refractivity contribution in [2.24, 2.45) is 0 Å². The lowest BCUT2D eigenvalue weighted by atomic mass is 10.1. The SMILES string of the molecule is C[C@H]1CN(c2ccc(-n3cc(C(=O)NCCCN4CCOCC4)nn3)cc2NC(=O)c2cnc(C(F)(F)F)nc2C(F)(F)F)CCN1C. The molecule has 2 fully saturated rings. The van der Waals surface area contributed by atoms with Gasteiger partial charge in [-0.3, -0.25) is 14.5 Å². The quantitative estimate of drug-likeness (QED) is 0.256. The number of halogens is 6. The van der Waals surface area contributed by atoms with Crippen molar-refractivity contribution in [3.8, 4) is 5.69 Å². The Kier molecular flexibility index (Phi) is 10.5. The summed E-state index contributed by atoms with van der Waals surface area (Å²) in [7, 11) is 1.94. The normalized spacial score (nSPS) is 18.2. The molecule has 1 aromatic carbocycles. The first kappa shape index (κ1) is 35.0. The highest BCUT2D eigenvalue weighted by Crippen LogP contribution is 2.35. The predicted octanol–water partition coefficient (Wildman–Crippen LogP) is 2.94. The van der Waals surface area contributed by atoms with E-state index in [-0.39, 0.29) is 23.6 Å². The van der Waals surface area contributed by atoms with Crippen LogP contribution in [0.5, 0.6) is 0 Å². The minimum absolute atomic E-state index is 0.0145. The molecule has 19 heteroatoms. The largest absolute Gasteiger partial charge is 0.451 e. The summed E-state index contributed by atoms with van der Waals surface area (Å²) in [4.78, 5) is 37.9. The summed E-state index contributed by atoms with van der Waals surface area (Å²) in [5, 5.41) is 13.1. The molecular weight excluding hydrogens is 650 g/mol. The molecule has 48 heavy (non-hydrogen) atoms. The molecule has 0 unspecified atom stereocenters. The van der Waals surface area contributed by atoms with Gasteiger partial charge in [0.2, 0.25) is 5.82 Å². The zero-order valence-corrected chi connectivity index (χ0v) is 26.1. The maximum atomic E-state index is 13.8. The van der Waals surface area contributed by atoms with Crippen molar-refractivity contribution in [3.63, 3.8) is 0 Å². The number of alkyl halides is 6. The lowest BCUT2D eigenvalue weighted by Gasteiger charge is -2.39. The number of aromatic nitrogens is 5. The molecule has 0 radical (unpaired) electrons. The molecule has 3 aromatic rings. The molecule has 2 aliphatic rings. The van der Waals surface area contributed by atoms with Crippen LogP contribution in [-0.4, -0.2) is 119 Å². The van der Waals surface area contributed by atoms with Gasteiger partial charge >= 0.3 is 12.4 Å². The second-order valence-electron chi connectivity index (χ2n) is 11.5. The molecule has 5 rings (SSSR count). The van der Waals surface area contributed by atoms with Crippen LogP contribution in [0.15, 0.2) is 30.6 Å². The zero-order valence-electron chi connectivity index (χ0n) is 26.1. The highest BCUT2D eigenvalue weighted by molar-refractivity contribution is 6.06. The van der Waals surface area contributed by atoms with Gasteiger partial charge in [-0.25, -0.2) is 14.6 Å². The number of nitrogens with one attached hydrogen (secondary N) is 2.